The Labute approximate surface area is 82.4 Å². The normalized spacial score (nSPS) is 10.3. The van der Waals surface area contributed by atoms with Gasteiger partial charge in [0.25, 0.3) is 0 Å². The molecule has 0 aliphatic carbocycles. The third-order valence-electron chi connectivity index (χ3n) is 2.12. The van der Waals surface area contributed by atoms with Gasteiger partial charge in [0.15, 0.2) is 5.82 Å². The maximum absolute atomic E-state index is 13.6. The molecule has 4 heteroatoms. The Morgan fingerprint density at radius 2 is 2.07 bits per heavy atom. The van der Waals surface area contributed by atoms with Gasteiger partial charge in [0.1, 0.15) is 6.73 Å². The number of nitrogens with zero attached hydrogens (tertiary/aromatic N) is 1. The average Bonchev–Trinajstić information content (AvgIpc) is 2.22. The second-order valence-electron chi connectivity index (χ2n) is 2.91. The van der Waals surface area contributed by atoms with Gasteiger partial charge in [-0.15, -0.1) is 0 Å². The largest absolute Gasteiger partial charge is 0.392 e. The summed E-state index contributed by atoms with van der Waals surface area (Å²) in [6, 6.07) is 4.75. The maximum atomic E-state index is 13.6. The highest BCUT2D eigenvalue weighted by molar-refractivity contribution is 5.49. The number of rotatable bonds is 4. The van der Waals surface area contributed by atoms with E-state index in [9.17, 15) is 4.39 Å². The molecule has 0 amide bonds. The summed E-state index contributed by atoms with van der Waals surface area (Å²) in [5, 5.41) is 17.8. The van der Waals surface area contributed by atoms with Crippen molar-refractivity contribution in [1.29, 1.82) is 0 Å². The second-order valence-corrected chi connectivity index (χ2v) is 2.91. The molecule has 0 spiro atoms. The Bertz CT molecular complexity index is 300. The van der Waals surface area contributed by atoms with Crippen LogP contribution in [0.25, 0.3) is 0 Å². The standard InChI is InChI=1S/C10H14FNO2/c1-2-12(7-14)9-5-3-4-8(6-13)10(9)11/h3-5,13-14H,2,6-7H2,1H3. The van der Waals surface area contributed by atoms with Gasteiger partial charge in [0.05, 0.1) is 12.3 Å². The first-order chi connectivity index (χ1) is 6.74. The third kappa shape index (κ3) is 2.02. The van der Waals surface area contributed by atoms with Gasteiger partial charge in [-0.2, -0.15) is 0 Å². The van der Waals surface area contributed by atoms with Crippen LogP contribution < -0.4 is 4.90 Å². The molecule has 0 radical (unpaired) electrons. The smallest absolute Gasteiger partial charge is 0.152 e. The predicted molar refractivity (Wildman–Crippen MR) is 52.4 cm³/mol. The van der Waals surface area contributed by atoms with Gasteiger partial charge < -0.3 is 15.1 Å². The maximum Gasteiger partial charge on any atom is 0.152 e. The minimum atomic E-state index is -0.467. The quantitative estimate of drug-likeness (QED) is 0.713. The minimum Gasteiger partial charge on any atom is -0.392 e. The minimum absolute atomic E-state index is 0.234. The van der Waals surface area contributed by atoms with Crippen molar-refractivity contribution in [2.24, 2.45) is 0 Å². The van der Waals surface area contributed by atoms with E-state index in [2.05, 4.69) is 0 Å². The Kier molecular flexibility index (Phi) is 3.85. The van der Waals surface area contributed by atoms with Gasteiger partial charge in [0, 0.05) is 12.1 Å². The van der Waals surface area contributed by atoms with Crippen LogP contribution in [0, 0.1) is 5.82 Å². The van der Waals surface area contributed by atoms with Crippen molar-refractivity contribution in [3.63, 3.8) is 0 Å². The summed E-state index contributed by atoms with van der Waals surface area (Å²) >= 11 is 0. The highest BCUT2D eigenvalue weighted by Crippen LogP contribution is 2.21. The van der Waals surface area contributed by atoms with Crippen molar-refractivity contribution in [1.82, 2.24) is 0 Å². The number of anilines is 1. The van der Waals surface area contributed by atoms with Crippen LogP contribution >= 0.6 is 0 Å². The highest BCUT2D eigenvalue weighted by atomic mass is 19.1. The summed E-state index contributed by atoms with van der Waals surface area (Å²) in [6.45, 7) is 1.77. The number of benzene rings is 1. The van der Waals surface area contributed by atoms with E-state index in [0.29, 0.717) is 12.2 Å². The van der Waals surface area contributed by atoms with Gasteiger partial charge in [-0.25, -0.2) is 4.39 Å². The van der Waals surface area contributed by atoms with Crippen LogP contribution in [-0.2, 0) is 6.61 Å². The molecule has 0 aromatic heterocycles. The molecule has 0 aliphatic rings. The molecular formula is C10H14FNO2. The summed E-state index contributed by atoms with van der Waals surface area (Å²) in [7, 11) is 0. The molecule has 0 aliphatic heterocycles. The number of hydrogen-bond acceptors (Lipinski definition) is 3. The molecule has 0 saturated carbocycles. The molecule has 1 aromatic rings. The van der Waals surface area contributed by atoms with E-state index in [1.54, 1.807) is 12.1 Å². The van der Waals surface area contributed by atoms with Crippen molar-refractivity contribution < 1.29 is 14.6 Å². The zero-order chi connectivity index (χ0) is 10.6. The van der Waals surface area contributed by atoms with E-state index in [4.69, 9.17) is 10.2 Å². The van der Waals surface area contributed by atoms with Gasteiger partial charge in [-0.3, -0.25) is 0 Å². The number of hydrogen-bond donors (Lipinski definition) is 2. The molecule has 1 aromatic carbocycles. The SMILES string of the molecule is CCN(CO)c1cccc(CO)c1F. The lowest BCUT2D eigenvalue weighted by Gasteiger charge is -2.21. The molecule has 0 atom stereocenters. The lowest BCUT2D eigenvalue weighted by molar-refractivity contribution is 0.274. The lowest BCUT2D eigenvalue weighted by Crippen LogP contribution is -2.24. The molecular weight excluding hydrogens is 185 g/mol. The van der Waals surface area contributed by atoms with Crippen LogP contribution in [0.1, 0.15) is 12.5 Å². The summed E-state index contributed by atoms with van der Waals surface area (Å²) in [5.74, 6) is -0.467. The Hall–Kier alpha value is -1.13. The van der Waals surface area contributed by atoms with E-state index in [0.717, 1.165) is 0 Å². The zero-order valence-electron chi connectivity index (χ0n) is 8.07. The third-order valence-corrected chi connectivity index (χ3v) is 2.12. The molecule has 0 bridgehead atoms. The van der Waals surface area contributed by atoms with Gasteiger partial charge >= 0.3 is 0 Å². The molecule has 78 valence electrons. The molecule has 0 unspecified atom stereocenters. The van der Waals surface area contributed by atoms with Crippen molar-refractivity contribution in [2.45, 2.75) is 13.5 Å². The topological polar surface area (TPSA) is 43.7 Å². The molecule has 1 rings (SSSR count). The summed E-state index contributed by atoms with van der Waals surface area (Å²) in [5.41, 5.74) is 0.566. The zero-order valence-corrected chi connectivity index (χ0v) is 8.07. The van der Waals surface area contributed by atoms with Crippen LogP contribution in [0.15, 0.2) is 18.2 Å². The van der Waals surface area contributed by atoms with E-state index in [-0.39, 0.29) is 18.9 Å². The van der Waals surface area contributed by atoms with Crippen LogP contribution in [0.2, 0.25) is 0 Å². The lowest BCUT2D eigenvalue weighted by atomic mass is 10.2. The monoisotopic (exact) mass is 199 g/mol. The highest BCUT2D eigenvalue weighted by Gasteiger charge is 2.11. The van der Waals surface area contributed by atoms with Crippen LogP contribution in [0.4, 0.5) is 10.1 Å². The summed E-state index contributed by atoms with van der Waals surface area (Å²) < 4.78 is 13.6. The second kappa shape index (κ2) is 4.93. The van der Waals surface area contributed by atoms with Crippen LogP contribution in [0.3, 0.4) is 0 Å². The van der Waals surface area contributed by atoms with Crippen LogP contribution in [0.5, 0.6) is 0 Å². The van der Waals surface area contributed by atoms with Crippen LogP contribution in [-0.4, -0.2) is 23.5 Å². The molecule has 2 N–H and O–H groups in total. The summed E-state index contributed by atoms with van der Waals surface area (Å²) in [4.78, 5) is 1.48. The fourth-order valence-electron chi connectivity index (χ4n) is 1.28. The van der Waals surface area contributed by atoms with E-state index >= 15 is 0 Å². The molecule has 0 heterocycles. The van der Waals surface area contributed by atoms with Crippen molar-refractivity contribution in [3.8, 4) is 0 Å². The Balaban J connectivity index is 3.07. The van der Waals surface area contributed by atoms with Crippen molar-refractivity contribution in [3.05, 3.63) is 29.6 Å². The number of halogens is 1. The van der Waals surface area contributed by atoms with Crippen molar-refractivity contribution in [2.75, 3.05) is 18.2 Å². The first kappa shape index (κ1) is 10.9. The van der Waals surface area contributed by atoms with Gasteiger partial charge in [-0.05, 0) is 13.0 Å². The number of aliphatic hydroxyl groups excluding tert-OH is 2. The fraction of sp³-hybridized carbons (Fsp3) is 0.400. The Morgan fingerprint density at radius 1 is 1.36 bits per heavy atom. The Morgan fingerprint density at radius 3 is 2.57 bits per heavy atom. The van der Waals surface area contributed by atoms with E-state index in [1.165, 1.54) is 11.0 Å². The van der Waals surface area contributed by atoms with E-state index < -0.39 is 5.82 Å². The molecule has 0 saturated heterocycles. The van der Waals surface area contributed by atoms with Gasteiger partial charge in [-0.1, -0.05) is 12.1 Å². The molecule has 3 nitrogen and oxygen atoms in total. The fourth-order valence-corrected chi connectivity index (χ4v) is 1.28. The van der Waals surface area contributed by atoms with E-state index in [1.807, 2.05) is 6.92 Å². The average molecular weight is 199 g/mol. The first-order valence-electron chi connectivity index (χ1n) is 4.48. The summed E-state index contributed by atoms with van der Waals surface area (Å²) in [6.07, 6.45) is 0. The number of aliphatic hydroxyl groups is 2. The van der Waals surface area contributed by atoms with Crippen molar-refractivity contribution >= 4 is 5.69 Å². The molecule has 0 fully saturated rings. The first-order valence-corrected chi connectivity index (χ1v) is 4.48. The molecule has 14 heavy (non-hydrogen) atoms. The van der Waals surface area contributed by atoms with Gasteiger partial charge in [0.2, 0.25) is 0 Å². The predicted octanol–water partition coefficient (Wildman–Crippen LogP) is 1.09.